The fourth-order valence-corrected chi connectivity index (χ4v) is 8.97. The smallest absolute Gasteiger partial charge is 0.423 e. The Labute approximate surface area is 283 Å². The number of carbonyl (C=O) groups is 5. The fourth-order valence-electron chi connectivity index (χ4n) is 8.33. The summed E-state index contributed by atoms with van der Waals surface area (Å²) in [5, 5.41) is 12.1. The van der Waals surface area contributed by atoms with Crippen molar-refractivity contribution < 1.29 is 38.6 Å². The molecule has 0 bridgehead atoms. The zero-order valence-corrected chi connectivity index (χ0v) is 27.5. The Morgan fingerprint density at radius 2 is 1.70 bits per heavy atom. The van der Waals surface area contributed by atoms with Crippen molar-refractivity contribution in [3.63, 3.8) is 0 Å². The molecular weight excluding hydrogens is 692 g/mol. The first kappa shape index (κ1) is 31.1. The number of phenolic OH excluding ortho intramolecular Hbond substituents is 1. The molecule has 0 spiro atoms. The van der Waals surface area contributed by atoms with Crippen molar-refractivity contribution in [1.82, 2.24) is 4.90 Å². The molecule has 6 atom stereocenters. The largest absolute Gasteiger partial charge is 0.504 e. The molecule has 3 fully saturated rings. The van der Waals surface area contributed by atoms with E-state index < -0.39 is 64.7 Å². The number of hydrogen-bond acceptors (Lipinski definition) is 8. The Balaban J connectivity index is 1.53. The number of anilines is 1. The summed E-state index contributed by atoms with van der Waals surface area (Å²) >= 11 is 9.86. The van der Waals surface area contributed by atoms with Gasteiger partial charge in [0.1, 0.15) is 0 Å². The lowest BCUT2D eigenvalue weighted by Crippen LogP contribution is -2.53. The number of hydrogen-bond donors (Lipinski definition) is 1. The lowest BCUT2D eigenvalue weighted by molar-refractivity contribution is -0.138. The van der Waals surface area contributed by atoms with Crippen LogP contribution in [0.2, 0.25) is 5.02 Å². The lowest BCUT2D eigenvalue weighted by atomic mass is 9.49. The van der Waals surface area contributed by atoms with Crippen molar-refractivity contribution in [2.24, 2.45) is 23.7 Å². The molecule has 4 aliphatic rings. The van der Waals surface area contributed by atoms with Gasteiger partial charge in [-0.05, 0) is 54.7 Å². The second-order valence-corrected chi connectivity index (χ2v) is 13.5. The molecule has 2 saturated heterocycles. The predicted octanol–water partition coefficient (Wildman–Crippen LogP) is 5.75. The number of imide groups is 4. The number of halogens is 2. The second-order valence-electron chi connectivity index (χ2n) is 12.1. The summed E-state index contributed by atoms with van der Waals surface area (Å²) < 4.78 is 10.8. The maximum absolute atomic E-state index is 15.2. The molecule has 0 radical (unpaired) electrons. The summed E-state index contributed by atoms with van der Waals surface area (Å²) in [5.74, 6) is -7.10. The zero-order valence-electron chi connectivity index (χ0n) is 25.2. The first-order valence-corrected chi connectivity index (χ1v) is 16.1. The van der Waals surface area contributed by atoms with Gasteiger partial charge in [-0.15, -0.1) is 0 Å². The minimum absolute atomic E-state index is 0.0277. The number of aromatic hydroxyl groups is 1. The van der Waals surface area contributed by atoms with E-state index in [4.69, 9.17) is 21.1 Å². The van der Waals surface area contributed by atoms with Crippen molar-refractivity contribution in [2.75, 3.05) is 19.1 Å². The van der Waals surface area contributed by atoms with E-state index in [0.717, 1.165) is 12.0 Å². The minimum Gasteiger partial charge on any atom is -0.504 e. The SMILES string of the molecule is COC(=O)N1C(=O)[C@H]2[C@H](CC=C3[C@H]2C[C@H]2C(=O)N(c4cccc(Cl)c4)C(=O)[C@@]2(c2ccccc2)[C@H]3c2cc(Br)cc(OC)c2O)C1=O. The molecule has 0 unspecified atom stereocenters. The van der Waals surface area contributed by atoms with Crippen molar-refractivity contribution in [3.05, 3.63) is 99.0 Å². The van der Waals surface area contributed by atoms with Gasteiger partial charge in [-0.3, -0.25) is 19.2 Å². The molecule has 5 amide bonds. The van der Waals surface area contributed by atoms with Crippen LogP contribution in [0.25, 0.3) is 0 Å². The van der Waals surface area contributed by atoms with Gasteiger partial charge in [0.15, 0.2) is 11.5 Å². The van der Waals surface area contributed by atoms with E-state index in [2.05, 4.69) is 15.9 Å². The standard InChI is InChI=1S/C35H28BrClN2O8/c1-46-26-14-18(36)13-24(29(26)40)28-21-11-12-22-27(32(43)39(30(22)41)34(45)47-2)23(21)16-25-31(42)38(20-10-6-9-19(37)15-20)33(44)35(25,28)17-7-4-3-5-8-17/h3-11,13-15,22-23,25,27-28,40H,12,16H2,1-2H3/t22-,23+,25-,27-,28+,35+/m0/s1. The number of ether oxygens (including phenoxy) is 2. The number of nitrogens with zero attached hydrogens (tertiary/aromatic N) is 2. The number of methoxy groups -OCH3 is 2. The third-order valence-electron chi connectivity index (χ3n) is 10.1. The number of fused-ring (bicyclic) bond motifs is 4. The number of benzene rings is 3. The van der Waals surface area contributed by atoms with Gasteiger partial charge in [-0.2, -0.15) is 4.90 Å². The molecule has 2 aliphatic carbocycles. The van der Waals surface area contributed by atoms with Crippen LogP contribution in [0.3, 0.4) is 0 Å². The van der Waals surface area contributed by atoms with Gasteiger partial charge in [0, 0.05) is 21.0 Å². The van der Waals surface area contributed by atoms with E-state index in [1.165, 1.54) is 13.2 Å². The van der Waals surface area contributed by atoms with Crippen LogP contribution in [-0.2, 0) is 29.3 Å². The normalized spacial score (nSPS) is 28.1. The molecule has 7 rings (SSSR count). The monoisotopic (exact) mass is 718 g/mol. The molecule has 240 valence electrons. The highest BCUT2D eigenvalue weighted by molar-refractivity contribution is 9.10. The first-order chi connectivity index (χ1) is 22.6. The average Bonchev–Trinajstić information content (AvgIpc) is 3.46. The number of rotatable bonds is 4. The highest BCUT2D eigenvalue weighted by Gasteiger charge is 2.71. The number of phenols is 1. The van der Waals surface area contributed by atoms with E-state index >= 15 is 4.79 Å². The Hall–Kier alpha value is -4.48. The topological polar surface area (TPSA) is 131 Å². The Morgan fingerprint density at radius 1 is 0.957 bits per heavy atom. The van der Waals surface area contributed by atoms with E-state index in [1.54, 1.807) is 60.7 Å². The summed E-state index contributed by atoms with van der Waals surface area (Å²) in [6.45, 7) is 0. The molecule has 0 aromatic heterocycles. The van der Waals surface area contributed by atoms with Gasteiger partial charge in [-0.1, -0.05) is 75.6 Å². The van der Waals surface area contributed by atoms with Gasteiger partial charge in [-0.25, -0.2) is 9.69 Å². The van der Waals surface area contributed by atoms with Crippen LogP contribution in [0, 0.1) is 23.7 Å². The van der Waals surface area contributed by atoms with Crippen LogP contribution in [0.4, 0.5) is 10.5 Å². The molecule has 47 heavy (non-hydrogen) atoms. The van der Waals surface area contributed by atoms with Gasteiger partial charge in [0.2, 0.25) is 23.6 Å². The van der Waals surface area contributed by atoms with E-state index in [-0.39, 0.29) is 30.0 Å². The summed E-state index contributed by atoms with van der Waals surface area (Å²) in [5.41, 5.74) is 0.153. The zero-order chi connectivity index (χ0) is 33.4. The molecule has 2 aliphatic heterocycles. The van der Waals surface area contributed by atoms with Crippen molar-refractivity contribution in [1.29, 1.82) is 0 Å². The highest BCUT2D eigenvalue weighted by Crippen LogP contribution is 2.65. The van der Waals surface area contributed by atoms with Crippen LogP contribution in [0.5, 0.6) is 11.5 Å². The molecule has 2 heterocycles. The van der Waals surface area contributed by atoms with Crippen molar-refractivity contribution in [2.45, 2.75) is 24.2 Å². The molecule has 1 N–H and O–H groups in total. The van der Waals surface area contributed by atoms with Crippen molar-refractivity contribution in [3.8, 4) is 11.5 Å². The predicted molar refractivity (Wildman–Crippen MR) is 173 cm³/mol. The van der Waals surface area contributed by atoms with Crippen molar-refractivity contribution >= 4 is 62.9 Å². The van der Waals surface area contributed by atoms with Crippen LogP contribution in [-0.4, -0.2) is 53.9 Å². The van der Waals surface area contributed by atoms with Gasteiger partial charge >= 0.3 is 6.09 Å². The van der Waals surface area contributed by atoms with Gasteiger partial charge < -0.3 is 14.6 Å². The summed E-state index contributed by atoms with van der Waals surface area (Å²) in [6.07, 6.45) is 0.887. The summed E-state index contributed by atoms with van der Waals surface area (Å²) in [7, 11) is 2.50. The van der Waals surface area contributed by atoms with Gasteiger partial charge in [0.25, 0.3) is 0 Å². The van der Waals surface area contributed by atoms with Crippen LogP contribution in [0.15, 0.2) is 82.9 Å². The number of likely N-dealkylation sites (tertiary alicyclic amines) is 1. The van der Waals surface area contributed by atoms with Crippen LogP contribution < -0.4 is 9.64 Å². The average molecular weight is 720 g/mol. The molecule has 10 nitrogen and oxygen atoms in total. The quantitative estimate of drug-likeness (QED) is 0.267. The molecular formula is C35H28BrClN2O8. The van der Waals surface area contributed by atoms with Gasteiger partial charge in [0.05, 0.1) is 43.1 Å². The Bertz CT molecular complexity index is 1910. The molecule has 3 aromatic rings. The number of carbonyl (C=O) groups excluding carboxylic acids is 5. The molecule has 3 aromatic carbocycles. The van der Waals surface area contributed by atoms with Crippen LogP contribution in [0.1, 0.15) is 29.9 Å². The maximum atomic E-state index is 15.2. The van der Waals surface area contributed by atoms with Crippen LogP contribution >= 0.6 is 27.5 Å². The maximum Gasteiger partial charge on any atom is 0.423 e. The summed E-state index contributed by atoms with van der Waals surface area (Å²) in [4.78, 5) is 71.6. The minimum atomic E-state index is -1.59. The highest BCUT2D eigenvalue weighted by atomic mass is 79.9. The molecule has 1 saturated carbocycles. The third kappa shape index (κ3) is 4.32. The fraction of sp³-hybridized carbons (Fsp3) is 0.286. The number of allylic oxidation sites excluding steroid dienone is 2. The number of amides is 5. The van der Waals surface area contributed by atoms with E-state index in [0.29, 0.717) is 31.1 Å². The first-order valence-electron chi connectivity index (χ1n) is 15.0. The second kappa shape index (κ2) is 11.3. The summed E-state index contributed by atoms with van der Waals surface area (Å²) in [6, 6.07) is 18.7. The van der Waals surface area contributed by atoms with E-state index in [9.17, 15) is 24.3 Å². The third-order valence-corrected chi connectivity index (χ3v) is 10.8. The Morgan fingerprint density at radius 3 is 2.38 bits per heavy atom. The van der Waals surface area contributed by atoms with E-state index in [1.807, 2.05) is 6.08 Å². The Kier molecular flexibility index (Phi) is 7.52. The lowest BCUT2D eigenvalue weighted by Gasteiger charge is -2.50. The molecule has 12 heteroatoms.